The maximum atomic E-state index is 9.26. The molecule has 1 aliphatic heterocycles. The molecular formula is C21H27NO2. The molecule has 128 valence electrons. The first kappa shape index (κ1) is 16.8. The maximum Gasteiger partial charge on any atom is 0.127 e. The summed E-state index contributed by atoms with van der Waals surface area (Å²) < 4.78 is 5.95. The monoisotopic (exact) mass is 325 g/mol. The van der Waals surface area contributed by atoms with Crippen LogP contribution in [0.4, 0.5) is 5.69 Å². The number of ether oxygens (including phenoxy) is 1. The highest BCUT2D eigenvalue weighted by molar-refractivity contribution is 5.50. The molecule has 3 heteroatoms. The molecule has 2 aromatic carbocycles. The van der Waals surface area contributed by atoms with Crippen LogP contribution in [-0.4, -0.2) is 24.8 Å². The van der Waals surface area contributed by atoms with E-state index in [2.05, 4.69) is 49.9 Å². The van der Waals surface area contributed by atoms with E-state index in [-0.39, 0.29) is 12.0 Å². The Bertz CT molecular complexity index is 656. The zero-order valence-corrected chi connectivity index (χ0v) is 14.8. The molecule has 0 bridgehead atoms. The Kier molecular flexibility index (Phi) is 4.81. The highest BCUT2D eigenvalue weighted by atomic mass is 16.5. The van der Waals surface area contributed by atoms with Gasteiger partial charge < -0.3 is 14.7 Å². The minimum absolute atomic E-state index is 0.155. The minimum Gasteiger partial charge on any atom is -0.457 e. The minimum atomic E-state index is 0.155. The molecule has 0 saturated carbocycles. The Balaban J connectivity index is 1.64. The summed E-state index contributed by atoms with van der Waals surface area (Å²) in [5.41, 5.74) is 2.65. The predicted molar refractivity (Wildman–Crippen MR) is 99.1 cm³/mol. The van der Waals surface area contributed by atoms with Gasteiger partial charge in [0, 0.05) is 31.3 Å². The smallest absolute Gasteiger partial charge is 0.127 e. The second-order valence-corrected chi connectivity index (χ2v) is 7.65. The lowest BCUT2D eigenvalue weighted by Gasteiger charge is -2.20. The van der Waals surface area contributed by atoms with Crippen molar-refractivity contribution >= 4 is 5.69 Å². The first-order valence-electron chi connectivity index (χ1n) is 8.70. The van der Waals surface area contributed by atoms with Crippen LogP contribution in [0.2, 0.25) is 0 Å². The van der Waals surface area contributed by atoms with Crippen LogP contribution in [0, 0.1) is 5.92 Å². The second kappa shape index (κ2) is 6.86. The highest BCUT2D eigenvalue weighted by Crippen LogP contribution is 2.29. The van der Waals surface area contributed by atoms with E-state index in [9.17, 15) is 5.11 Å². The van der Waals surface area contributed by atoms with E-state index in [0.717, 1.165) is 31.0 Å². The summed E-state index contributed by atoms with van der Waals surface area (Å²) in [6.07, 6.45) is 1.06. The van der Waals surface area contributed by atoms with Crippen molar-refractivity contribution in [1.82, 2.24) is 0 Å². The van der Waals surface area contributed by atoms with Crippen molar-refractivity contribution in [1.29, 1.82) is 0 Å². The van der Waals surface area contributed by atoms with Crippen LogP contribution in [-0.2, 0) is 5.41 Å². The van der Waals surface area contributed by atoms with Crippen LogP contribution in [0.1, 0.15) is 32.8 Å². The van der Waals surface area contributed by atoms with Crippen LogP contribution < -0.4 is 9.64 Å². The highest BCUT2D eigenvalue weighted by Gasteiger charge is 2.21. The van der Waals surface area contributed by atoms with Crippen molar-refractivity contribution < 1.29 is 9.84 Å². The van der Waals surface area contributed by atoms with E-state index >= 15 is 0 Å². The van der Waals surface area contributed by atoms with Crippen molar-refractivity contribution in [2.24, 2.45) is 5.92 Å². The van der Waals surface area contributed by atoms with Crippen molar-refractivity contribution in [2.75, 3.05) is 24.6 Å². The third-order valence-corrected chi connectivity index (χ3v) is 4.70. The average molecular weight is 325 g/mol. The number of nitrogens with zero attached hydrogens (tertiary/aromatic N) is 1. The van der Waals surface area contributed by atoms with Crippen molar-refractivity contribution in [3.63, 3.8) is 0 Å². The lowest BCUT2D eigenvalue weighted by Crippen LogP contribution is -2.20. The van der Waals surface area contributed by atoms with E-state index in [4.69, 9.17) is 4.74 Å². The van der Waals surface area contributed by atoms with E-state index in [1.54, 1.807) is 0 Å². The summed E-state index contributed by atoms with van der Waals surface area (Å²) in [5.74, 6) is 2.11. The van der Waals surface area contributed by atoms with Gasteiger partial charge in [-0.3, -0.25) is 0 Å². The fourth-order valence-electron chi connectivity index (χ4n) is 3.10. The van der Waals surface area contributed by atoms with Gasteiger partial charge in [0.15, 0.2) is 0 Å². The van der Waals surface area contributed by atoms with Crippen molar-refractivity contribution in [2.45, 2.75) is 32.6 Å². The van der Waals surface area contributed by atoms with Gasteiger partial charge in [0.2, 0.25) is 0 Å². The van der Waals surface area contributed by atoms with Crippen LogP contribution >= 0.6 is 0 Å². The van der Waals surface area contributed by atoms with Gasteiger partial charge >= 0.3 is 0 Å². The first-order chi connectivity index (χ1) is 11.5. The number of benzene rings is 2. The summed E-state index contributed by atoms with van der Waals surface area (Å²) in [5, 5.41) is 9.26. The van der Waals surface area contributed by atoms with E-state index in [1.165, 1.54) is 11.3 Å². The Morgan fingerprint density at radius 3 is 2.08 bits per heavy atom. The number of aliphatic hydroxyl groups excluding tert-OH is 1. The molecule has 1 heterocycles. The topological polar surface area (TPSA) is 32.7 Å². The molecule has 1 unspecified atom stereocenters. The molecule has 1 atom stereocenters. The molecule has 0 aliphatic carbocycles. The lowest BCUT2D eigenvalue weighted by molar-refractivity contribution is 0.238. The third-order valence-electron chi connectivity index (χ3n) is 4.70. The van der Waals surface area contributed by atoms with E-state index in [0.29, 0.717) is 5.92 Å². The van der Waals surface area contributed by atoms with Gasteiger partial charge in [0.25, 0.3) is 0 Å². The summed E-state index contributed by atoms with van der Waals surface area (Å²) >= 11 is 0. The van der Waals surface area contributed by atoms with Crippen molar-refractivity contribution in [3.8, 4) is 11.5 Å². The normalized spacial score (nSPS) is 18.0. The molecule has 0 aromatic heterocycles. The number of anilines is 1. The second-order valence-electron chi connectivity index (χ2n) is 7.65. The Labute approximate surface area is 144 Å². The van der Waals surface area contributed by atoms with Crippen LogP contribution in [0.5, 0.6) is 11.5 Å². The van der Waals surface area contributed by atoms with E-state index < -0.39 is 0 Å². The van der Waals surface area contributed by atoms with Gasteiger partial charge in [-0.05, 0) is 53.8 Å². The van der Waals surface area contributed by atoms with Gasteiger partial charge in [-0.25, -0.2) is 0 Å². The number of hydrogen-bond acceptors (Lipinski definition) is 3. The molecule has 2 aromatic rings. The lowest BCUT2D eigenvalue weighted by atomic mass is 9.87. The summed E-state index contributed by atoms with van der Waals surface area (Å²) in [6.45, 7) is 8.86. The molecule has 1 N–H and O–H groups in total. The first-order valence-corrected chi connectivity index (χ1v) is 8.70. The molecule has 1 saturated heterocycles. The standard InChI is InChI=1S/C21H27NO2/c1-21(2,3)17-4-8-19(9-5-17)24-20-10-6-18(7-11-20)22-13-12-16(14-22)15-23/h4-11,16,23H,12-15H2,1-3H3. The summed E-state index contributed by atoms with van der Waals surface area (Å²) in [6, 6.07) is 16.5. The molecule has 0 amide bonds. The SMILES string of the molecule is CC(C)(C)c1ccc(Oc2ccc(N3CCC(CO)C3)cc2)cc1. The molecular weight excluding hydrogens is 298 g/mol. The number of rotatable bonds is 4. The molecule has 0 radical (unpaired) electrons. The molecule has 24 heavy (non-hydrogen) atoms. The largest absolute Gasteiger partial charge is 0.457 e. The molecule has 1 aliphatic rings. The van der Waals surface area contributed by atoms with Gasteiger partial charge in [0.1, 0.15) is 11.5 Å². The Hall–Kier alpha value is -2.00. The fourth-order valence-corrected chi connectivity index (χ4v) is 3.10. The maximum absolute atomic E-state index is 9.26. The quantitative estimate of drug-likeness (QED) is 0.892. The number of aliphatic hydroxyl groups is 1. The van der Waals surface area contributed by atoms with Crippen LogP contribution in [0.3, 0.4) is 0 Å². The van der Waals surface area contributed by atoms with Crippen molar-refractivity contribution in [3.05, 3.63) is 54.1 Å². The Morgan fingerprint density at radius 2 is 1.58 bits per heavy atom. The van der Waals surface area contributed by atoms with Gasteiger partial charge in [-0.15, -0.1) is 0 Å². The summed E-state index contributed by atoms with van der Waals surface area (Å²) in [4.78, 5) is 2.32. The van der Waals surface area contributed by atoms with Gasteiger partial charge in [-0.1, -0.05) is 32.9 Å². The Morgan fingerprint density at radius 1 is 1.00 bits per heavy atom. The summed E-state index contributed by atoms with van der Waals surface area (Å²) in [7, 11) is 0. The fraction of sp³-hybridized carbons (Fsp3) is 0.429. The molecule has 3 nitrogen and oxygen atoms in total. The molecule has 1 fully saturated rings. The predicted octanol–water partition coefficient (Wildman–Crippen LogP) is 4.60. The number of hydrogen-bond donors (Lipinski definition) is 1. The van der Waals surface area contributed by atoms with Gasteiger partial charge in [-0.2, -0.15) is 0 Å². The van der Waals surface area contributed by atoms with Gasteiger partial charge in [0.05, 0.1) is 0 Å². The van der Waals surface area contributed by atoms with Crippen LogP contribution in [0.25, 0.3) is 0 Å². The van der Waals surface area contributed by atoms with E-state index in [1.807, 2.05) is 24.3 Å². The average Bonchev–Trinajstić information content (AvgIpc) is 3.04. The zero-order valence-electron chi connectivity index (χ0n) is 14.8. The zero-order chi connectivity index (χ0) is 17.2. The third kappa shape index (κ3) is 3.90. The molecule has 0 spiro atoms. The van der Waals surface area contributed by atoms with Crippen LogP contribution in [0.15, 0.2) is 48.5 Å². The molecule has 3 rings (SSSR count).